The Morgan fingerprint density at radius 2 is 1.82 bits per heavy atom. The largest absolute Gasteiger partial charge is 0.497 e. The van der Waals surface area contributed by atoms with Crippen LogP contribution in [0.5, 0.6) is 17.2 Å². The van der Waals surface area contributed by atoms with Crippen molar-refractivity contribution in [2.75, 3.05) is 13.9 Å². The fourth-order valence-corrected chi connectivity index (χ4v) is 5.85. The smallest absolute Gasteiger partial charge is 0.252 e. The molecule has 0 amide bonds. The number of methoxy groups -OCH3 is 1. The van der Waals surface area contributed by atoms with Gasteiger partial charge in [0.05, 0.1) is 17.5 Å². The first-order valence-electron chi connectivity index (χ1n) is 10.1. The first-order valence-corrected chi connectivity index (χ1v) is 12.4. The third-order valence-electron chi connectivity index (χ3n) is 5.37. The number of benzene rings is 2. The van der Waals surface area contributed by atoms with Gasteiger partial charge in [0.15, 0.2) is 11.5 Å². The lowest BCUT2D eigenvalue weighted by Gasteiger charge is -2.22. The lowest BCUT2D eigenvalue weighted by Crippen LogP contribution is -2.32. The van der Waals surface area contributed by atoms with E-state index >= 15 is 0 Å². The Kier molecular flexibility index (Phi) is 5.57. The van der Waals surface area contributed by atoms with Crippen LogP contribution in [0.2, 0.25) is 0 Å². The summed E-state index contributed by atoms with van der Waals surface area (Å²) in [6, 6.07) is 15.1. The van der Waals surface area contributed by atoms with Crippen molar-refractivity contribution in [2.24, 2.45) is 0 Å². The number of nitrogens with zero attached hydrogens (tertiary/aromatic N) is 1. The quantitative estimate of drug-likeness (QED) is 0.429. The van der Waals surface area contributed by atoms with E-state index in [2.05, 4.69) is 4.98 Å². The summed E-state index contributed by atoms with van der Waals surface area (Å²) in [7, 11) is -2.37. The van der Waals surface area contributed by atoms with Crippen LogP contribution in [-0.4, -0.2) is 31.6 Å². The molecule has 0 saturated heterocycles. The minimum absolute atomic E-state index is 0.0913. The van der Waals surface area contributed by atoms with Gasteiger partial charge in [-0.1, -0.05) is 6.07 Å². The minimum atomic E-state index is -3.89. The molecule has 1 N–H and O–H groups in total. The second-order valence-corrected chi connectivity index (χ2v) is 10.4. The summed E-state index contributed by atoms with van der Waals surface area (Å²) in [5.74, 6) is 1.71. The van der Waals surface area contributed by atoms with Crippen LogP contribution in [0.25, 0.3) is 10.9 Å². The van der Waals surface area contributed by atoms with E-state index in [-0.39, 0.29) is 30.3 Å². The van der Waals surface area contributed by atoms with E-state index in [1.54, 1.807) is 30.3 Å². The number of ether oxygens (including phenoxy) is 3. The molecule has 2 aromatic carbocycles. The molecule has 5 rings (SSSR count). The highest BCUT2D eigenvalue weighted by Crippen LogP contribution is 2.35. The summed E-state index contributed by atoms with van der Waals surface area (Å²) < 4.78 is 44.3. The van der Waals surface area contributed by atoms with Gasteiger partial charge in [-0.2, -0.15) is 4.31 Å². The molecule has 2 aromatic heterocycles. The summed E-state index contributed by atoms with van der Waals surface area (Å²) >= 11 is 1.46. The van der Waals surface area contributed by atoms with Crippen LogP contribution in [0, 0.1) is 0 Å². The van der Waals surface area contributed by atoms with Crippen molar-refractivity contribution in [3.63, 3.8) is 0 Å². The van der Waals surface area contributed by atoms with E-state index in [0.717, 1.165) is 10.3 Å². The fourth-order valence-electron chi connectivity index (χ4n) is 3.65. The van der Waals surface area contributed by atoms with Gasteiger partial charge in [0.1, 0.15) is 5.75 Å². The maximum Gasteiger partial charge on any atom is 0.252 e. The lowest BCUT2D eigenvalue weighted by atomic mass is 10.1. The number of aromatic amines is 1. The molecular formula is C23H20N2O6S2. The number of H-pyrrole nitrogens is 1. The molecule has 0 spiro atoms. The molecule has 1 aliphatic rings. The lowest BCUT2D eigenvalue weighted by molar-refractivity contribution is 0.174. The van der Waals surface area contributed by atoms with Crippen LogP contribution >= 0.6 is 11.3 Å². The van der Waals surface area contributed by atoms with Gasteiger partial charge in [-0.3, -0.25) is 4.79 Å². The summed E-state index contributed by atoms with van der Waals surface area (Å²) in [4.78, 5) is 16.7. The Balaban J connectivity index is 1.54. The van der Waals surface area contributed by atoms with Gasteiger partial charge >= 0.3 is 0 Å². The zero-order valence-electron chi connectivity index (χ0n) is 17.6. The molecule has 0 fully saturated rings. The summed E-state index contributed by atoms with van der Waals surface area (Å²) in [6.45, 7) is 0.175. The molecule has 170 valence electrons. The molecule has 0 radical (unpaired) electrons. The number of fused-ring (bicyclic) bond motifs is 2. The minimum Gasteiger partial charge on any atom is -0.497 e. The standard InChI is InChI=1S/C23H20N2O6S2/c1-29-17-4-6-19(7-5-17)33(27,28)25(13-18-3-2-8-32-18)12-16-9-15-10-21-22(31-14-30-21)11-20(15)24-23(16)26/h2-11H,12-14H2,1H3,(H,24,26). The van der Waals surface area contributed by atoms with Crippen molar-refractivity contribution in [2.45, 2.75) is 18.0 Å². The summed E-state index contributed by atoms with van der Waals surface area (Å²) in [6.07, 6.45) is 0. The zero-order valence-corrected chi connectivity index (χ0v) is 19.2. The average molecular weight is 485 g/mol. The highest BCUT2D eigenvalue weighted by atomic mass is 32.2. The number of hydrogen-bond acceptors (Lipinski definition) is 7. The van der Waals surface area contributed by atoms with Gasteiger partial charge in [0, 0.05) is 35.0 Å². The van der Waals surface area contributed by atoms with Crippen molar-refractivity contribution in [3.8, 4) is 17.2 Å². The van der Waals surface area contributed by atoms with Gasteiger partial charge in [-0.05, 0) is 47.8 Å². The van der Waals surface area contributed by atoms with Crippen LogP contribution in [-0.2, 0) is 23.1 Å². The van der Waals surface area contributed by atoms with E-state index in [4.69, 9.17) is 14.2 Å². The normalized spacial score (nSPS) is 13.0. The summed E-state index contributed by atoms with van der Waals surface area (Å²) in [5.41, 5.74) is 0.563. The van der Waals surface area contributed by atoms with E-state index in [0.29, 0.717) is 28.3 Å². The fraction of sp³-hybridized carbons (Fsp3) is 0.174. The first-order chi connectivity index (χ1) is 15.9. The van der Waals surface area contributed by atoms with Crippen LogP contribution < -0.4 is 19.8 Å². The monoisotopic (exact) mass is 484 g/mol. The Hall–Kier alpha value is -3.34. The van der Waals surface area contributed by atoms with E-state index in [1.165, 1.54) is 34.9 Å². The van der Waals surface area contributed by atoms with Crippen molar-refractivity contribution in [1.82, 2.24) is 9.29 Å². The molecule has 0 atom stereocenters. The number of hydrogen-bond donors (Lipinski definition) is 1. The first kappa shape index (κ1) is 21.5. The highest BCUT2D eigenvalue weighted by Gasteiger charge is 2.27. The number of pyridine rings is 1. The molecular weight excluding hydrogens is 464 g/mol. The summed E-state index contributed by atoms with van der Waals surface area (Å²) in [5, 5.41) is 2.62. The molecule has 0 saturated carbocycles. The van der Waals surface area contributed by atoms with Crippen molar-refractivity contribution in [1.29, 1.82) is 0 Å². The number of aromatic nitrogens is 1. The molecule has 4 aromatic rings. The molecule has 33 heavy (non-hydrogen) atoms. The van der Waals surface area contributed by atoms with Crippen molar-refractivity contribution >= 4 is 32.3 Å². The molecule has 8 nitrogen and oxygen atoms in total. The second kappa shape index (κ2) is 8.54. The van der Waals surface area contributed by atoms with Crippen LogP contribution in [0.4, 0.5) is 0 Å². The Morgan fingerprint density at radius 3 is 2.52 bits per heavy atom. The molecule has 0 bridgehead atoms. The molecule has 0 aliphatic carbocycles. The van der Waals surface area contributed by atoms with Crippen molar-refractivity contribution < 1.29 is 22.6 Å². The van der Waals surface area contributed by atoms with Gasteiger partial charge in [-0.25, -0.2) is 8.42 Å². The predicted molar refractivity (Wildman–Crippen MR) is 124 cm³/mol. The third-order valence-corrected chi connectivity index (χ3v) is 8.04. The number of rotatable bonds is 7. The van der Waals surface area contributed by atoms with E-state index < -0.39 is 10.0 Å². The van der Waals surface area contributed by atoms with Crippen molar-refractivity contribution in [3.05, 3.63) is 80.8 Å². The Bertz CT molecular complexity index is 1460. The van der Waals surface area contributed by atoms with Crippen LogP contribution in [0.1, 0.15) is 10.4 Å². The van der Waals surface area contributed by atoms with Gasteiger partial charge in [-0.15, -0.1) is 11.3 Å². The van der Waals surface area contributed by atoms with E-state index in [1.807, 2.05) is 17.5 Å². The van der Waals surface area contributed by atoms with Crippen LogP contribution in [0.3, 0.4) is 0 Å². The van der Waals surface area contributed by atoms with Gasteiger partial charge in [0.25, 0.3) is 5.56 Å². The second-order valence-electron chi connectivity index (χ2n) is 7.44. The topological polar surface area (TPSA) is 97.9 Å². The Labute approximate surface area is 194 Å². The number of nitrogens with one attached hydrogen (secondary N) is 1. The maximum absolute atomic E-state index is 13.5. The number of sulfonamides is 1. The van der Waals surface area contributed by atoms with Gasteiger partial charge in [0.2, 0.25) is 16.8 Å². The average Bonchev–Trinajstić information content (AvgIpc) is 3.49. The molecule has 1 aliphatic heterocycles. The SMILES string of the molecule is COc1ccc(S(=O)(=O)N(Cc2cccs2)Cc2cc3cc4c(cc3[nH]c2=O)OCO4)cc1. The van der Waals surface area contributed by atoms with Crippen LogP contribution in [0.15, 0.2) is 69.7 Å². The zero-order chi connectivity index (χ0) is 23.0. The van der Waals surface area contributed by atoms with Gasteiger partial charge < -0.3 is 19.2 Å². The Morgan fingerprint density at radius 1 is 1.06 bits per heavy atom. The highest BCUT2D eigenvalue weighted by molar-refractivity contribution is 7.89. The molecule has 10 heteroatoms. The number of thiophene rings is 1. The van der Waals surface area contributed by atoms with E-state index in [9.17, 15) is 13.2 Å². The predicted octanol–water partition coefficient (Wildman–Crippen LogP) is 3.72. The molecule has 3 heterocycles. The maximum atomic E-state index is 13.5. The third kappa shape index (κ3) is 4.20. The molecule has 0 unspecified atom stereocenters.